The van der Waals surface area contributed by atoms with Crippen molar-refractivity contribution in [3.8, 4) is 5.75 Å². The first kappa shape index (κ1) is 20.8. The van der Waals surface area contributed by atoms with E-state index in [1.807, 2.05) is 33.4 Å². The molecule has 3 rings (SSSR count). The largest absolute Gasteiger partial charge is 0.489 e. The predicted octanol–water partition coefficient (Wildman–Crippen LogP) is 4.86. The van der Waals surface area contributed by atoms with Crippen molar-refractivity contribution in [1.29, 1.82) is 5.41 Å². The Bertz CT molecular complexity index is 997. The molecule has 1 aromatic heterocycles. The predicted molar refractivity (Wildman–Crippen MR) is 113 cm³/mol. The van der Waals surface area contributed by atoms with Crippen LogP contribution in [0.5, 0.6) is 5.75 Å². The SMILES string of the molecule is CCCCCn1c(=N)n(C[C@@H](O)COc2ccc(Cl)cc2Cl)c2ccccc21. The topological polar surface area (TPSA) is 63.2 Å². The zero-order valence-electron chi connectivity index (χ0n) is 15.9. The number of fused-ring (bicyclic) bond motifs is 1. The number of aryl methyl sites for hydroxylation is 1. The number of aromatic nitrogens is 2. The van der Waals surface area contributed by atoms with E-state index in [9.17, 15) is 5.11 Å². The molecule has 5 nitrogen and oxygen atoms in total. The number of hydrogen-bond acceptors (Lipinski definition) is 3. The minimum absolute atomic E-state index is 0.0726. The van der Waals surface area contributed by atoms with Crippen molar-refractivity contribution in [2.24, 2.45) is 0 Å². The van der Waals surface area contributed by atoms with Crippen LogP contribution in [0.2, 0.25) is 10.0 Å². The highest BCUT2D eigenvalue weighted by Crippen LogP contribution is 2.27. The van der Waals surface area contributed by atoms with E-state index in [1.165, 1.54) is 0 Å². The Hall–Kier alpha value is -1.95. The Kier molecular flexibility index (Phi) is 7.05. The van der Waals surface area contributed by atoms with Crippen molar-refractivity contribution in [2.45, 2.75) is 45.4 Å². The summed E-state index contributed by atoms with van der Waals surface area (Å²) in [5.41, 5.74) is 2.34. The summed E-state index contributed by atoms with van der Waals surface area (Å²) in [6.45, 7) is 3.31. The van der Waals surface area contributed by atoms with E-state index in [0.717, 1.165) is 36.8 Å². The van der Waals surface area contributed by atoms with Crippen molar-refractivity contribution in [2.75, 3.05) is 6.61 Å². The van der Waals surface area contributed by atoms with Gasteiger partial charge in [-0.1, -0.05) is 55.1 Å². The first-order valence-electron chi connectivity index (χ1n) is 9.49. The monoisotopic (exact) mass is 421 g/mol. The van der Waals surface area contributed by atoms with Gasteiger partial charge in [0.05, 0.1) is 22.6 Å². The highest BCUT2D eigenvalue weighted by Gasteiger charge is 2.15. The molecule has 0 spiro atoms. The second-order valence-corrected chi connectivity index (χ2v) is 7.66. The molecule has 1 heterocycles. The van der Waals surface area contributed by atoms with Crippen LogP contribution in [0.4, 0.5) is 0 Å². The average Bonchev–Trinajstić information content (AvgIpc) is 2.93. The number of para-hydroxylation sites is 2. The molecular formula is C21H25Cl2N3O2. The molecule has 150 valence electrons. The van der Waals surface area contributed by atoms with Gasteiger partial charge >= 0.3 is 0 Å². The average molecular weight is 422 g/mol. The highest BCUT2D eigenvalue weighted by molar-refractivity contribution is 6.35. The van der Waals surface area contributed by atoms with Crippen molar-refractivity contribution in [1.82, 2.24) is 9.13 Å². The number of benzene rings is 2. The maximum Gasteiger partial charge on any atom is 0.203 e. The van der Waals surface area contributed by atoms with Crippen molar-refractivity contribution in [3.05, 3.63) is 58.1 Å². The fourth-order valence-corrected chi connectivity index (χ4v) is 3.73. The van der Waals surface area contributed by atoms with Gasteiger partial charge in [0.15, 0.2) is 0 Å². The standard InChI is InChI=1S/C21H25Cl2N3O2/c1-2-3-6-11-25-18-7-4-5-8-19(18)26(21(25)24)13-16(27)14-28-20-10-9-15(22)12-17(20)23/h4-5,7-10,12,16,24,27H,2-3,6,11,13-14H2,1H3/t16-/m1/s1. The van der Waals surface area contributed by atoms with Gasteiger partial charge < -0.3 is 19.0 Å². The Morgan fingerprint density at radius 3 is 2.46 bits per heavy atom. The van der Waals surface area contributed by atoms with Crippen LogP contribution in [-0.4, -0.2) is 27.0 Å². The highest BCUT2D eigenvalue weighted by atomic mass is 35.5. The molecule has 1 atom stereocenters. The lowest BCUT2D eigenvalue weighted by Gasteiger charge is -2.14. The molecule has 0 aliphatic rings. The van der Waals surface area contributed by atoms with Crippen molar-refractivity contribution < 1.29 is 9.84 Å². The molecule has 0 unspecified atom stereocenters. The number of unbranched alkanes of at least 4 members (excludes halogenated alkanes) is 2. The molecule has 28 heavy (non-hydrogen) atoms. The van der Waals surface area contributed by atoms with E-state index in [-0.39, 0.29) is 13.2 Å². The normalized spacial score (nSPS) is 12.4. The number of aliphatic hydroxyl groups is 1. The number of halogens is 2. The molecule has 0 aliphatic carbocycles. The minimum Gasteiger partial charge on any atom is -0.489 e. The van der Waals surface area contributed by atoms with E-state index in [1.54, 1.807) is 18.2 Å². The Labute approximate surface area is 174 Å². The second-order valence-electron chi connectivity index (χ2n) is 6.82. The molecule has 0 fully saturated rings. The zero-order valence-corrected chi connectivity index (χ0v) is 17.4. The molecule has 0 aliphatic heterocycles. The molecule has 7 heteroatoms. The van der Waals surface area contributed by atoms with E-state index in [2.05, 4.69) is 6.92 Å². The van der Waals surface area contributed by atoms with Gasteiger partial charge in [0.1, 0.15) is 18.5 Å². The summed E-state index contributed by atoms with van der Waals surface area (Å²) in [5.74, 6) is 0.475. The van der Waals surface area contributed by atoms with Crippen LogP contribution in [0.25, 0.3) is 11.0 Å². The van der Waals surface area contributed by atoms with Crippen LogP contribution in [0.3, 0.4) is 0 Å². The van der Waals surface area contributed by atoms with E-state index in [0.29, 0.717) is 21.4 Å². The van der Waals surface area contributed by atoms with Gasteiger partial charge in [0.2, 0.25) is 5.62 Å². The van der Waals surface area contributed by atoms with Crippen LogP contribution in [0, 0.1) is 5.41 Å². The summed E-state index contributed by atoms with van der Waals surface area (Å²) in [6.07, 6.45) is 2.51. The van der Waals surface area contributed by atoms with Crippen molar-refractivity contribution >= 4 is 34.2 Å². The fourth-order valence-electron chi connectivity index (χ4n) is 3.27. The van der Waals surface area contributed by atoms with E-state index in [4.69, 9.17) is 33.3 Å². The van der Waals surface area contributed by atoms with Gasteiger partial charge in [-0.2, -0.15) is 0 Å². The smallest absolute Gasteiger partial charge is 0.203 e. The molecule has 0 amide bonds. The first-order chi connectivity index (χ1) is 13.5. The van der Waals surface area contributed by atoms with E-state index < -0.39 is 6.10 Å². The number of nitrogens with zero attached hydrogens (tertiary/aromatic N) is 2. The summed E-state index contributed by atoms with van der Waals surface area (Å²) >= 11 is 12.0. The molecule has 2 N–H and O–H groups in total. The Morgan fingerprint density at radius 1 is 1.07 bits per heavy atom. The number of imidazole rings is 1. The van der Waals surface area contributed by atoms with Crippen LogP contribution in [0.1, 0.15) is 26.2 Å². The summed E-state index contributed by atoms with van der Waals surface area (Å²) in [5, 5.41) is 20.0. The van der Waals surface area contributed by atoms with Crippen LogP contribution in [0.15, 0.2) is 42.5 Å². The maximum atomic E-state index is 10.5. The fraction of sp³-hybridized carbons (Fsp3) is 0.381. The lowest BCUT2D eigenvalue weighted by atomic mass is 10.2. The number of nitrogens with one attached hydrogen (secondary N) is 1. The van der Waals surface area contributed by atoms with Gasteiger partial charge in [-0.3, -0.25) is 5.41 Å². The third kappa shape index (κ3) is 4.72. The van der Waals surface area contributed by atoms with Crippen LogP contribution in [-0.2, 0) is 13.1 Å². The van der Waals surface area contributed by atoms with Gasteiger partial charge in [-0.15, -0.1) is 0 Å². The summed E-state index contributed by atoms with van der Waals surface area (Å²) in [7, 11) is 0. The van der Waals surface area contributed by atoms with Gasteiger partial charge in [0.25, 0.3) is 0 Å². The first-order valence-corrected chi connectivity index (χ1v) is 10.3. The number of hydrogen-bond donors (Lipinski definition) is 2. The van der Waals surface area contributed by atoms with Gasteiger partial charge in [-0.25, -0.2) is 0 Å². The summed E-state index contributed by atoms with van der Waals surface area (Å²) < 4.78 is 9.48. The summed E-state index contributed by atoms with van der Waals surface area (Å²) in [4.78, 5) is 0. The zero-order chi connectivity index (χ0) is 20.1. The molecule has 0 saturated heterocycles. The van der Waals surface area contributed by atoms with Gasteiger partial charge in [0, 0.05) is 11.6 Å². The number of aliphatic hydroxyl groups excluding tert-OH is 1. The quantitative estimate of drug-likeness (QED) is 0.484. The van der Waals surface area contributed by atoms with Crippen LogP contribution >= 0.6 is 23.2 Å². The third-order valence-corrected chi connectivity index (χ3v) is 5.21. The molecule has 0 bridgehead atoms. The van der Waals surface area contributed by atoms with Gasteiger partial charge in [-0.05, 0) is 36.8 Å². The van der Waals surface area contributed by atoms with Crippen LogP contribution < -0.4 is 10.4 Å². The second kappa shape index (κ2) is 9.50. The molecule has 0 saturated carbocycles. The molecule has 0 radical (unpaired) electrons. The molecule has 2 aromatic carbocycles. The lowest BCUT2D eigenvalue weighted by molar-refractivity contribution is 0.0921. The number of rotatable bonds is 9. The Balaban J connectivity index is 1.75. The van der Waals surface area contributed by atoms with Crippen molar-refractivity contribution in [3.63, 3.8) is 0 Å². The molecule has 3 aromatic rings. The maximum absolute atomic E-state index is 10.5. The molecular weight excluding hydrogens is 397 g/mol. The summed E-state index contributed by atoms with van der Waals surface area (Å²) in [6, 6.07) is 12.9. The third-order valence-electron chi connectivity index (χ3n) is 4.68. The number of ether oxygens (including phenoxy) is 1. The lowest BCUT2D eigenvalue weighted by Crippen LogP contribution is -2.31. The minimum atomic E-state index is -0.782. The Morgan fingerprint density at radius 2 is 1.79 bits per heavy atom. The van der Waals surface area contributed by atoms with E-state index >= 15 is 0 Å².